The zero-order valence-electron chi connectivity index (χ0n) is 11.8. The van der Waals surface area contributed by atoms with Crippen molar-refractivity contribution in [3.05, 3.63) is 0 Å². The molecular weight excluding hydrogens is 268 g/mol. The van der Waals surface area contributed by atoms with E-state index in [-0.39, 0.29) is 18.3 Å². The Morgan fingerprint density at radius 1 is 1.00 bits per heavy atom. The van der Waals surface area contributed by atoms with Gasteiger partial charge in [-0.15, -0.1) is 0 Å². The van der Waals surface area contributed by atoms with Crippen molar-refractivity contribution in [3.63, 3.8) is 0 Å². The molecule has 2 N–H and O–H groups in total. The van der Waals surface area contributed by atoms with Gasteiger partial charge in [0.2, 0.25) is 0 Å². The number of epoxide rings is 1. The first-order valence-corrected chi connectivity index (χ1v) is 7.02. The summed E-state index contributed by atoms with van der Waals surface area (Å²) < 4.78 is 27.5. The van der Waals surface area contributed by atoms with Crippen LogP contribution in [-0.2, 0) is 23.7 Å². The van der Waals surface area contributed by atoms with Crippen LogP contribution in [-0.4, -0.2) is 72.6 Å². The van der Waals surface area contributed by atoms with Crippen molar-refractivity contribution in [3.8, 4) is 0 Å². The van der Waals surface area contributed by atoms with Crippen LogP contribution in [0.1, 0.15) is 20.3 Å². The molecular formula is C13H22O7. The Morgan fingerprint density at radius 2 is 1.75 bits per heavy atom. The van der Waals surface area contributed by atoms with Crippen LogP contribution in [0.25, 0.3) is 0 Å². The molecule has 0 bridgehead atoms. The lowest BCUT2D eigenvalue weighted by molar-refractivity contribution is -0.340. The zero-order chi connectivity index (χ0) is 14.4. The van der Waals surface area contributed by atoms with Crippen molar-refractivity contribution < 1.29 is 33.9 Å². The van der Waals surface area contributed by atoms with Crippen LogP contribution in [0, 0.1) is 0 Å². The molecule has 116 valence electrons. The Labute approximate surface area is 117 Å². The van der Waals surface area contributed by atoms with E-state index >= 15 is 0 Å². The number of rotatable bonds is 3. The molecule has 0 aromatic heterocycles. The van der Waals surface area contributed by atoms with Gasteiger partial charge < -0.3 is 33.9 Å². The Hall–Kier alpha value is -0.280. The maximum atomic E-state index is 10.2. The summed E-state index contributed by atoms with van der Waals surface area (Å²) in [6, 6.07) is 0. The second-order valence-electron chi connectivity index (χ2n) is 5.67. The molecule has 3 rings (SSSR count). The zero-order valence-corrected chi connectivity index (χ0v) is 11.8. The third kappa shape index (κ3) is 2.59. The van der Waals surface area contributed by atoms with Gasteiger partial charge in [0, 0.05) is 13.5 Å². The van der Waals surface area contributed by atoms with Crippen molar-refractivity contribution in [2.24, 2.45) is 0 Å². The van der Waals surface area contributed by atoms with Crippen molar-refractivity contribution in [1.82, 2.24) is 0 Å². The third-order valence-electron chi connectivity index (χ3n) is 4.22. The van der Waals surface area contributed by atoms with Gasteiger partial charge in [0.15, 0.2) is 12.6 Å². The lowest BCUT2D eigenvalue weighted by atomic mass is 10.00. The Balaban J connectivity index is 1.61. The maximum Gasteiger partial charge on any atom is 0.189 e. The van der Waals surface area contributed by atoms with E-state index in [1.54, 1.807) is 6.92 Å². The van der Waals surface area contributed by atoms with Gasteiger partial charge in [0.1, 0.15) is 24.4 Å². The first-order chi connectivity index (χ1) is 9.51. The summed E-state index contributed by atoms with van der Waals surface area (Å²) in [6.07, 6.45) is -3.62. The summed E-state index contributed by atoms with van der Waals surface area (Å²) >= 11 is 0. The molecule has 7 heteroatoms. The highest BCUT2D eigenvalue weighted by molar-refractivity contribution is 4.95. The average Bonchev–Trinajstić information content (AvgIpc) is 3.16. The molecule has 9 atom stereocenters. The third-order valence-corrected chi connectivity index (χ3v) is 4.22. The number of aliphatic hydroxyl groups is 2. The van der Waals surface area contributed by atoms with Gasteiger partial charge >= 0.3 is 0 Å². The van der Waals surface area contributed by atoms with Gasteiger partial charge in [-0.2, -0.15) is 0 Å². The molecule has 0 unspecified atom stereocenters. The number of ether oxygens (including phenoxy) is 5. The summed E-state index contributed by atoms with van der Waals surface area (Å²) in [5.41, 5.74) is 0. The van der Waals surface area contributed by atoms with E-state index in [4.69, 9.17) is 23.7 Å². The van der Waals surface area contributed by atoms with Crippen LogP contribution in [0.3, 0.4) is 0 Å². The minimum Gasteiger partial charge on any atom is -0.388 e. The second kappa shape index (κ2) is 5.49. The van der Waals surface area contributed by atoms with E-state index in [1.165, 1.54) is 7.11 Å². The van der Waals surface area contributed by atoms with Crippen molar-refractivity contribution in [2.45, 2.75) is 75.6 Å². The molecule has 0 saturated carbocycles. The molecule has 0 aromatic carbocycles. The van der Waals surface area contributed by atoms with Gasteiger partial charge in [0.05, 0.1) is 18.3 Å². The molecule has 0 radical (unpaired) electrons. The van der Waals surface area contributed by atoms with Crippen molar-refractivity contribution in [1.29, 1.82) is 0 Å². The standard InChI is InChI=1S/C13H22O7/c1-5-9(14)12(16-3)10(15)13(18-5)20-8-4-7-11(19-7)6(2)17-8/h5-15H,4H2,1-3H3/t5-,6-,7+,8+,9-,10-,11-,12-,13+/m1/s1. The lowest BCUT2D eigenvalue weighted by Crippen LogP contribution is -2.59. The molecule has 0 amide bonds. The van der Waals surface area contributed by atoms with E-state index in [1.807, 2.05) is 6.92 Å². The number of hydrogen-bond donors (Lipinski definition) is 2. The fraction of sp³-hybridized carbons (Fsp3) is 1.00. The lowest BCUT2D eigenvalue weighted by Gasteiger charge is -2.42. The Morgan fingerprint density at radius 3 is 2.40 bits per heavy atom. The molecule has 3 aliphatic heterocycles. The highest BCUT2D eigenvalue weighted by Crippen LogP contribution is 2.38. The quantitative estimate of drug-likeness (QED) is 0.670. The van der Waals surface area contributed by atoms with Gasteiger partial charge in [-0.05, 0) is 13.8 Å². The summed E-state index contributed by atoms with van der Waals surface area (Å²) in [5, 5.41) is 20.1. The van der Waals surface area contributed by atoms with Crippen LogP contribution >= 0.6 is 0 Å². The van der Waals surface area contributed by atoms with Crippen LogP contribution in [0.4, 0.5) is 0 Å². The smallest absolute Gasteiger partial charge is 0.189 e. The van der Waals surface area contributed by atoms with E-state index in [0.717, 1.165) is 0 Å². The fourth-order valence-electron chi connectivity index (χ4n) is 2.95. The molecule has 0 spiro atoms. The van der Waals surface area contributed by atoms with Crippen LogP contribution < -0.4 is 0 Å². The molecule has 20 heavy (non-hydrogen) atoms. The molecule has 3 aliphatic rings. The molecule has 3 heterocycles. The molecule has 3 fully saturated rings. The Bertz CT molecular complexity index is 352. The van der Waals surface area contributed by atoms with Crippen molar-refractivity contribution >= 4 is 0 Å². The molecule has 0 aliphatic carbocycles. The normalized spacial score (nSPS) is 55.4. The minimum atomic E-state index is -1.07. The average molecular weight is 290 g/mol. The fourth-order valence-corrected chi connectivity index (χ4v) is 2.95. The highest BCUT2D eigenvalue weighted by Gasteiger charge is 2.52. The van der Waals surface area contributed by atoms with E-state index in [2.05, 4.69) is 0 Å². The largest absolute Gasteiger partial charge is 0.388 e. The van der Waals surface area contributed by atoms with E-state index < -0.39 is 37.0 Å². The van der Waals surface area contributed by atoms with E-state index in [9.17, 15) is 10.2 Å². The topological polar surface area (TPSA) is 89.9 Å². The van der Waals surface area contributed by atoms with Gasteiger partial charge in [0.25, 0.3) is 0 Å². The first kappa shape index (κ1) is 14.6. The highest BCUT2D eigenvalue weighted by atomic mass is 16.8. The van der Waals surface area contributed by atoms with Crippen LogP contribution in [0.5, 0.6) is 0 Å². The number of fused-ring (bicyclic) bond motifs is 1. The summed E-state index contributed by atoms with van der Waals surface area (Å²) in [6.45, 7) is 3.64. The van der Waals surface area contributed by atoms with E-state index in [0.29, 0.717) is 6.42 Å². The number of aliphatic hydroxyl groups excluding tert-OH is 2. The van der Waals surface area contributed by atoms with Gasteiger partial charge in [-0.3, -0.25) is 0 Å². The molecule has 7 nitrogen and oxygen atoms in total. The molecule has 0 aromatic rings. The predicted molar refractivity (Wildman–Crippen MR) is 65.8 cm³/mol. The second-order valence-corrected chi connectivity index (χ2v) is 5.67. The molecule has 3 saturated heterocycles. The minimum absolute atomic E-state index is 0.0271. The van der Waals surface area contributed by atoms with Crippen LogP contribution in [0.2, 0.25) is 0 Å². The first-order valence-electron chi connectivity index (χ1n) is 7.02. The van der Waals surface area contributed by atoms with Crippen LogP contribution in [0.15, 0.2) is 0 Å². The number of methoxy groups -OCH3 is 1. The van der Waals surface area contributed by atoms with Crippen molar-refractivity contribution in [2.75, 3.05) is 7.11 Å². The Kier molecular flexibility index (Phi) is 4.02. The summed E-state index contributed by atoms with van der Waals surface area (Å²) in [4.78, 5) is 0. The summed E-state index contributed by atoms with van der Waals surface area (Å²) in [7, 11) is 1.44. The monoisotopic (exact) mass is 290 g/mol. The SMILES string of the molecule is CO[C@H]1[C@@H](O)[C@H](O[C@H]2C[C@@H]3O[C@@H]3[C@@H](C)O2)O[C@H](C)[C@H]1O. The maximum absolute atomic E-state index is 10.2. The predicted octanol–water partition coefficient (Wildman–Crippen LogP) is -0.613. The number of hydrogen-bond acceptors (Lipinski definition) is 7. The van der Waals surface area contributed by atoms with Gasteiger partial charge in [-0.25, -0.2) is 0 Å². The summed E-state index contributed by atoms with van der Waals surface area (Å²) in [5.74, 6) is 0. The van der Waals surface area contributed by atoms with Gasteiger partial charge in [-0.1, -0.05) is 0 Å².